The number of nitrogens with zero attached hydrogens (tertiary/aromatic N) is 6. The van der Waals surface area contributed by atoms with E-state index in [9.17, 15) is 0 Å². The van der Waals surface area contributed by atoms with Crippen LogP contribution in [0.2, 0.25) is 0 Å². The van der Waals surface area contributed by atoms with Crippen LogP contribution in [0.5, 0.6) is 0 Å². The smallest absolute Gasteiger partial charge is 0.178 e. The SMILES string of the molecule is Cc1nnc2ccc(N3CC(CNC(C)c4cccnc4)C3)nn12. The first kappa shape index (κ1) is 15.0. The van der Waals surface area contributed by atoms with Gasteiger partial charge in [0.15, 0.2) is 11.5 Å². The average molecular weight is 323 g/mol. The minimum atomic E-state index is 0.321. The Labute approximate surface area is 140 Å². The number of nitrogens with one attached hydrogen (secondary N) is 1. The summed E-state index contributed by atoms with van der Waals surface area (Å²) < 4.78 is 1.80. The van der Waals surface area contributed by atoms with Crippen LogP contribution in [0.25, 0.3) is 5.65 Å². The second kappa shape index (κ2) is 6.16. The van der Waals surface area contributed by atoms with Crippen molar-refractivity contribution >= 4 is 11.5 Å². The van der Waals surface area contributed by atoms with Gasteiger partial charge in [-0.25, -0.2) is 0 Å². The van der Waals surface area contributed by atoms with Crippen LogP contribution in [0.1, 0.15) is 24.4 Å². The van der Waals surface area contributed by atoms with E-state index in [0.717, 1.165) is 36.9 Å². The van der Waals surface area contributed by atoms with Crippen molar-refractivity contribution in [2.45, 2.75) is 19.9 Å². The molecule has 1 aliphatic rings. The van der Waals surface area contributed by atoms with Crippen LogP contribution in [0.3, 0.4) is 0 Å². The summed E-state index contributed by atoms with van der Waals surface area (Å²) in [5, 5.41) is 16.3. The van der Waals surface area contributed by atoms with Crippen molar-refractivity contribution in [1.82, 2.24) is 30.1 Å². The standard InChI is InChI=1S/C17H21N7/c1-12(15-4-3-7-18-9-15)19-8-14-10-23(11-14)17-6-5-16-21-20-13(2)24(16)22-17/h3-7,9,12,14,19H,8,10-11H2,1-2H3. The number of anilines is 1. The Hall–Kier alpha value is -2.54. The third-order valence-corrected chi connectivity index (χ3v) is 4.58. The average Bonchev–Trinajstić information content (AvgIpc) is 2.95. The first-order valence-electron chi connectivity index (χ1n) is 8.28. The van der Waals surface area contributed by atoms with Crippen LogP contribution in [-0.4, -0.2) is 44.4 Å². The number of hydrogen-bond acceptors (Lipinski definition) is 6. The Morgan fingerprint density at radius 1 is 1.25 bits per heavy atom. The minimum absolute atomic E-state index is 0.321. The zero-order chi connectivity index (χ0) is 16.5. The van der Waals surface area contributed by atoms with Gasteiger partial charge in [-0.3, -0.25) is 4.98 Å². The quantitative estimate of drug-likeness (QED) is 0.769. The number of fused-ring (bicyclic) bond motifs is 1. The highest BCUT2D eigenvalue weighted by Crippen LogP contribution is 2.23. The molecule has 7 nitrogen and oxygen atoms in total. The molecular formula is C17H21N7. The Morgan fingerprint density at radius 3 is 2.92 bits per heavy atom. The highest BCUT2D eigenvalue weighted by Gasteiger charge is 2.28. The number of pyridine rings is 1. The fraction of sp³-hybridized carbons (Fsp3) is 0.412. The molecule has 3 aromatic heterocycles. The third-order valence-electron chi connectivity index (χ3n) is 4.58. The zero-order valence-corrected chi connectivity index (χ0v) is 13.9. The predicted molar refractivity (Wildman–Crippen MR) is 91.9 cm³/mol. The van der Waals surface area contributed by atoms with E-state index >= 15 is 0 Å². The lowest BCUT2D eigenvalue weighted by molar-refractivity contribution is 0.365. The van der Waals surface area contributed by atoms with E-state index in [2.05, 4.69) is 43.5 Å². The van der Waals surface area contributed by atoms with E-state index in [1.807, 2.05) is 31.3 Å². The van der Waals surface area contributed by atoms with Crippen LogP contribution >= 0.6 is 0 Å². The van der Waals surface area contributed by atoms with Crippen molar-refractivity contribution in [3.8, 4) is 0 Å². The molecule has 0 bridgehead atoms. The summed E-state index contributed by atoms with van der Waals surface area (Å²) in [5.74, 6) is 2.45. The van der Waals surface area contributed by atoms with Crippen LogP contribution in [-0.2, 0) is 0 Å². The van der Waals surface area contributed by atoms with Crippen LogP contribution in [0, 0.1) is 12.8 Å². The topological polar surface area (TPSA) is 71.2 Å². The zero-order valence-electron chi connectivity index (χ0n) is 13.9. The molecule has 0 radical (unpaired) electrons. The maximum absolute atomic E-state index is 4.62. The van der Waals surface area contributed by atoms with Gasteiger partial charge < -0.3 is 10.2 Å². The molecule has 7 heteroatoms. The van der Waals surface area contributed by atoms with Gasteiger partial charge in [-0.1, -0.05) is 6.07 Å². The Bertz CT molecular complexity index is 823. The molecule has 4 heterocycles. The molecule has 0 saturated carbocycles. The molecule has 0 aromatic carbocycles. The second-order valence-corrected chi connectivity index (χ2v) is 6.40. The van der Waals surface area contributed by atoms with Crippen molar-refractivity contribution < 1.29 is 0 Å². The van der Waals surface area contributed by atoms with E-state index in [-0.39, 0.29) is 0 Å². The van der Waals surface area contributed by atoms with Crippen molar-refractivity contribution in [3.05, 3.63) is 48.0 Å². The Morgan fingerprint density at radius 2 is 2.12 bits per heavy atom. The van der Waals surface area contributed by atoms with Crippen LogP contribution in [0.4, 0.5) is 5.82 Å². The number of aromatic nitrogens is 5. The molecule has 0 amide bonds. The molecule has 24 heavy (non-hydrogen) atoms. The Balaban J connectivity index is 1.32. The second-order valence-electron chi connectivity index (χ2n) is 6.40. The lowest BCUT2D eigenvalue weighted by Gasteiger charge is -2.40. The number of rotatable bonds is 5. The van der Waals surface area contributed by atoms with Gasteiger partial charge in [0.1, 0.15) is 5.82 Å². The van der Waals surface area contributed by atoms with E-state index in [1.54, 1.807) is 10.7 Å². The fourth-order valence-corrected chi connectivity index (χ4v) is 3.03. The summed E-state index contributed by atoms with van der Waals surface area (Å²) in [6.07, 6.45) is 3.73. The lowest BCUT2D eigenvalue weighted by Crippen LogP contribution is -2.51. The molecule has 1 atom stereocenters. The molecular weight excluding hydrogens is 302 g/mol. The largest absolute Gasteiger partial charge is 0.354 e. The highest BCUT2D eigenvalue weighted by molar-refractivity contribution is 5.47. The van der Waals surface area contributed by atoms with Gasteiger partial charge in [-0.2, -0.15) is 4.52 Å². The molecule has 0 aliphatic carbocycles. The van der Waals surface area contributed by atoms with Gasteiger partial charge in [0.05, 0.1) is 0 Å². The highest BCUT2D eigenvalue weighted by atomic mass is 15.4. The number of hydrogen-bond donors (Lipinski definition) is 1. The van der Waals surface area contributed by atoms with Gasteiger partial charge in [0, 0.05) is 44.0 Å². The van der Waals surface area contributed by atoms with E-state index < -0.39 is 0 Å². The van der Waals surface area contributed by atoms with Gasteiger partial charge in [-0.05, 0) is 37.6 Å². The first-order chi connectivity index (χ1) is 11.7. The summed E-state index contributed by atoms with van der Waals surface area (Å²) in [5.41, 5.74) is 2.02. The van der Waals surface area contributed by atoms with Crippen LogP contribution < -0.4 is 10.2 Å². The summed E-state index contributed by atoms with van der Waals surface area (Å²) in [6, 6.07) is 8.40. The molecule has 1 N–H and O–H groups in total. The molecule has 1 unspecified atom stereocenters. The normalized spacial score (nSPS) is 16.3. The van der Waals surface area contributed by atoms with E-state index in [1.165, 1.54) is 5.56 Å². The lowest BCUT2D eigenvalue weighted by atomic mass is 9.99. The van der Waals surface area contributed by atoms with Gasteiger partial charge in [0.2, 0.25) is 0 Å². The van der Waals surface area contributed by atoms with Crippen LogP contribution in [0.15, 0.2) is 36.7 Å². The molecule has 4 rings (SSSR count). The monoisotopic (exact) mass is 323 g/mol. The molecule has 1 aliphatic heterocycles. The van der Waals surface area contributed by atoms with E-state index in [0.29, 0.717) is 12.0 Å². The minimum Gasteiger partial charge on any atom is -0.354 e. The predicted octanol–water partition coefficient (Wildman–Crippen LogP) is 1.61. The molecule has 3 aromatic rings. The number of aryl methyl sites for hydroxylation is 1. The third kappa shape index (κ3) is 2.82. The maximum Gasteiger partial charge on any atom is 0.178 e. The first-order valence-corrected chi connectivity index (χ1v) is 8.28. The van der Waals surface area contributed by atoms with Gasteiger partial charge in [-0.15, -0.1) is 15.3 Å². The maximum atomic E-state index is 4.62. The van der Waals surface area contributed by atoms with Gasteiger partial charge >= 0.3 is 0 Å². The molecule has 124 valence electrons. The Kier molecular flexibility index (Phi) is 3.86. The molecule has 0 spiro atoms. The van der Waals surface area contributed by atoms with Gasteiger partial charge in [0.25, 0.3) is 0 Å². The van der Waals surface area contributed by atoms with Crippen molar-refractivity contribution in [3.63, 3.8) is 0 Å². The van der Waals surface area contributed by atoms with Crippen molar-refractivity contribution in [2.75, 3.05) is 24.5 Å². The molecule has 1 saturated heterocycles. The fourth-order valence-electron chi connectivity index (χ4n) is 3.03. The van der Waals surface area contributed by atoms with Crippen molar-refractivity contribution in [1.29, 1.82) is 0 Å². The molecule has 1 fully saturated rings. The van der Waals surface area contributed by atoms with E-state index in [4.69, 9.17) is 0 Å². The summed E-state index contributed by atoms with van der Waals surface area (Å²) in [4.78, 5) is 6.47. The van der Waals surface area contributed by atoms with Crippen molar-refractivity contribution in [2.24, 2.45) is 5.92 Å². The summed E-state index contributed by atoms with van der Waals surface area (Å²) >= 11 is 0. The summed E-state index contributed by atoms with van der Waals surface area (Å²) in [6.45, 7) is 7.14. The summed E-state index contributed by atoms with van der Waals surface area (Å²) in [7, 11) is 0.